The van der Waals surface area contributed by atoms with Crippen molar-refractivity contribution in [3.63, 3.8) is 0 Å². The average molecular weight is 421 g/mol. The summed E-state index contributed by atoms with van der Waals surface area (Å²) in [5.74, 6) is -0.345. The lowest BCUT2D eigenvalue weighted by Gasteiger charge is -2.06. The van der Waals surface area contributed by atoms with Crippen LogP contribution in [0.3, 0.4) is 0 Å². The molecule has 0 unspecified atom stereocenters. The van der Waals surface area contributed by atoms with Gasteiger partial charge in [0.25, 0.3) is 15.9 Å². The molecule has 0 saturated heterocycles. The summed E-state index contributed by atoms with van der Waals surface area (Å²) in [7, 11) is -2.38. The summed E-state index contributed by atoms with van der Waals surface area (Å²) in [6.07, 6.45) is 0. The van der Waals surface area contributed by atoms with Crippen LogP contribution in [0.1, 0.15) is 15.4 Å². The first kappa shape index (κ1) is 19.8. The predicted molar refractivity (Wildman–Crippen MR) is 105 cm³/mol. The SMILES string of the molecule is COc1ccc(S(=O)(=O)Nc2nc(C)c(C(=O)Nc3ccc(F)cc3)s2)cc1. The number of halogens is 1. The molecule has 0 aliphatic rings. The Labute approximate surface area is 165 Å². The number of amides is 1. The van der Waals surface area contributed by atoms with E-state index < -0.39 is 21.7 Å². The molecule has 3 rings (SSSR count). The fraction of sp³-hybridized carbons (Fsp3) is 0.111. The van der Waals surface area contributed by atoms with Crippen molar-refractivity contribution in [2.24, 2.45) is 0 Å². The van der Waals surface area contributed by atoms with E-state index in [1.165, 1.54) is 55.6 Å². The van der Waals surface area contributed by atoms with E-state index >= 15 is 0 Å². The van der Waals surface area contributed by atoms with Crippen molar-refractivity contribution in [2.45, 2.75) is 11.8 Å². The monoisotopic (exact) mass is 421 g/mol. The molecule has 2 N–H and O–H groups in total. The summed E-state index contributed by atoms with van der Waals surface area (Å²) in [5.41, 5.74) is 0.789. The second-order valence-electron chi connectivity index (χ2n) is 5.68. The third-order valence-electron chi connectivity index (χ3n) is 3.70. The first-order chi connectivity index (χ1) is 13.3. The molecule has 2 aromatic carbocycles. The lowest BCUT2D eigenvalue weighted by molar-refractivity contribution is 0.102. The summed E-state index contributed by atoms with van der Waals surface area (Å²) in [5, 5.41) is 2.69. The quantitative estimate of drug-likeness (QED) is 0.633. The molecule has 0 bridgehead atoms. The van der Waals surface area contributed by atoms with Gasteiger partial charge in [0.15, 0.2) is 5.13 Å². The lowest BCUT2D eigenvalue weighted by Crippen LogP contribution is -2.12. The minimum Gasteiger partial charge on any atom is -0.497 e. The van der Waals surface area contributed by atoms with Crippen molar-refractivity contribution in [3.8, 4) is 5.75 Å². The number of thiazole rings is 1. The zero-order valence-corrected chi connectivity index (χ0v) is 16.5. The van der Waals surface area contributed by atoms with Gasteiger partial charge in [-0.2, -0.15) is 0 Å². The Morgan fingerprint density at radius 1 is 1.11 bits per heavy atom. The Balaban J connectivity index is 1.77. The highest BCUT2D eigenvalue weighted by atomic mass is 32.2. The van der Waals surface area contributed by atoms with Gasteiger partial charge in [-0.3, -0.25) is 9.52 Å². The molecule has 1 heterocycles. The molecule has 28 heavy (non-hydrogen) atoms. The van der Waals surface area contributed by atoms with Crippen LogP contribution in [0.5, 0.6) is 5.75 Å². The number of rotatable bonds is 6. The number of benzene rings is 2. The molecule has 0 saturated carbocycles. The first-order valence-electron chi connectivity index (χ1n) is 8.00. The van der Waals surface area contributed by atoms with Crippen LogP contribution in [0.4, 0.5) is 15.2 Å². The molecule has 0 atom stereocenters. The summed E-state index contributed by atoms with van der Waals surface area (Å²) >= 11 is 0.907. The first-order valence-corrected chi connectivity index (χ1v) is 10.3. The largest absolute Gasteiger partial charge is 0.497 e. The molecule has 1 aromatic heterocycles. The number of carbonyl (C=O) groups is 1. The third kappa shape index (κ3) is 4.46. The Hall–Kier alpha value is -2.98. The van der Waals surface area contributed by atoms with E-state index in [4.69, 9.17) is 4.74 Å². The Bertz CT molecular complexity index is 1090. The van der Waals surface area contributed by atoms with Crippen molar-refractivity contribution < 1.29 is 22.3 Å². The third-order valence-corrected chi connectivity index (χ3v) is 6.25. The number of ether oxygens (including phenoxy) is 1. The fourth-order valence-electron chi connectivity index (χ4n) is 2.30. The molecule has 10 heteroatoms. The molecule has 0 spiro atoms. The lowest BCUT2D eigenvalue weighted by atomic mass is 10.3. The highest BCUT2D eigenvalue weighted by molar-refractivity contribution is 7.93. The zero-order valence-electron chi connectivity index (χ0n) is 14.9. The van der Waals surface area contributed by atoms with E-state index in [0.717, 1.165) is 11.3 Å². The van der Waals surface area contributed by atoms with Gasteiger partial charge in [-0.25, -0.2) is 17.8 Å². The maximum atomic E-state index is 13.0. The van der Waals surface area contributed by atoms with Crippen LogP contribution < -0.4 is 14.8 Å². The van der Waals surface area contributed by atoms with E-state index in [0.29, 0.717) is 17.1 Å². The van der Waals surface area contributed by atoms with E-state index in [1.807, 2.05) is 0 Å². The molecule has 1 amide bonds. The Morgan fingerprint density at radius 2 is 1.75 bits per heavy atom. The minimum atomic E-state index is -3.86. The van der Waals surface area contributed by atoms with E-state index in [9.17, 15) is 17.6 Å². The van der Waals surface area contributed by atoms with Gasteiger partial charge in [-0.05, 0) is 55.5 Å². The minimum absolute atomic E-state index is 0.0402. The highest BCUT2D eigenvalue weighted by Crippen LogP contribution is 2.26. The van der Waals surface area contributed by atoms with Gasteiger partial charge in [0.1, 0.15) is 16.4 Å². The molecular formula is C18H16FN3O4S2. The normalized spacial score (nSPS) is 11.1. The van der Waals surface area contributed by atoms with Crippen molar-refractivity contribution in [3.05, 3.63) is 64.9 Å². The van der Waals surface area contributed by atoms with Crippen LogP contribution in [0.15, 0.2) is 53.4 Å². The molecule has 0 fully saturated rings. The molecule has 0 aliphatic heterocycles. The zero-order chi connectivity index (χ0) is 20.3. The van der Waals surface area contributed by atoms with Crippen molar-refractivity contribution in [1.29, 1.82) is 0 Å². The van der Waals surface area contributed by atoms with E-state index in [2.05, 4.69) is 15.0 Å². The van der Waals surface area contributed by atoms with Crippen molar-refractivity contribution in [2.75, 3.05) is 17.1 Å². The summed E-state index contributed by atoms with van der Waals surface area (Å²) in [6.45, 7) is 1.60. The molecular weight excluding hydrogens is 405 g/mol. The second-order valence-corrected chi connectivity index (χ2v) is 8.36. The van der Waals surface area contributed by atoms with Crippen LogP contribution >= 0.6 is 11.3 Å². The van der Waals surface area contributed by atoms with Gasteiger partial charge in [-0.1, -0.05) is 11.3 Å². The average Bonchev–Trinajstić information content (AvgIpc) is 3.03. The summed E-state index contributed by atoms with van der Waals surface area (Å²) in [4.78, 5) is 16.8. The molecule has 146 valence electrons. The topological polar surface area (TPSA) is 97.4 Å². The molecule has 7 nitrogen and oxygen atoms in total. The van der Waals surface area contributed by atoms with Gasteiger partial charge >= 0.3 is 0 Å². The number of carbonyl (C=O) groups excluding carboxylic acids is 1. The summed E-state index contributed by atoms with van der Waals surface area (Å²) < 4.78 is 45.3. The Morgan fingerprint density at radius 3 is 2.36 bits per heavy atom. The number of methoxy groups -OCH3 is 1. The number of nitrogens with one attached hydrogen (secondary N) is 2. The number of anilines is 2. The predicted octanol–water partition coefficient (Wildman–Crippen LogP) is 3.65. The molecule has 0 aliphatic carbocycles. The number of hydrogen-bond donors (Lipinski definition) is 2. The highest BCUT2D eigenvalue weighted by Gasteiger charge is 2.20. The van der Waals surface area contributed by atoms with E-state index in [1.54, 1.807) is 6.92 Å². The van der Waals surface area contributed by atoms with Gasteiger partial charge in [0, 0.05) is 5.69 Å². The van der Waals surface area contributed by atoms with Crippen LogP contribution in [0, 0.1) is 12.7 Å². The number of aryl methyl sites for hydroxylation is 1. The Kier molecular flexibility index (Phi) is 5.61. The van der Waals surface area contributed by atoms with E-state index in [-0.39, 0.29) is 14.9 Å². The van der Waals surface area contributed by atoms with Crippen LogP contribution in [-0.2, 0) is 10.0 Å². The van der Waals surface area contributed by atoms with Crippen LogP contribution in [0.2, 0.25) is 0 Å². The van der Waals surface area contributed by atoms with Gasteiger partial charge < -0.3 is 10.1 Å². The second kappa shape index (κ2) is 7.95. The maximum absolute atomic E-state index is 13.0. The smallest absolute Gasteiger partial charge is 0.267 e. The number of hydrogen-bond acceptors (Lipinski definition) is 6. The van der Waals surface area contributed by atoms with Gasteiger partial charge in [0.05, 0.1) is 17.7 Å². The fourth-order valence-corrected chi connectivity index (χ4v) is 4.40. The number of sulfonamides is 1. The van der Waals surface area contributed by atoms with Crippen molar-refractivity contribution >= 4 is 38.1 Å². The van der Waals surface area contributed by atoms with Gasteiger partial charge in [-0.15, -0.1) is 0 Å². The standard InChI is InChI=1S/C18H16FN3O4S2/c1-11-16(17(23)21-13-5-3-12(19)4-6-13)27-18(20-11)22-28(24,25)15-9-7-14(26-2)8-10-15/h3-10H,1-2H3,(H,20,22)(H,21,23). The number of nitrogens with zero attached hydrogens (tertiary/aromatic N) is 1. The molecule has 0 radical (unpaired) electrons. The van der Waals surface area contributed by atoms with Crippen LogP contribution in [0.25, 0.3) is 0 Å². The van der Waals surface area contributed by atoms with Crippen molar-refractivity contribution in [1.82, 2.24) is 4.98 Å². The van der Waals surface area contributed by atoms with Gasteiger partial charge in [0.2, 0.25) is 0 Å². The maximum Gasteiger partial charge on any atom is 0.267 e. The number of aromatic nitrogens is 1. The van der Waals surface area contributed by atoms with Crippen LogP contribution in [-0.4, -0.2) is 26.4 Å². The molecule has 3 aromatic rings. The summed E-state index contributed by atoms with van der Waals surface area (Å²) in [6, 6.07) is 11.2.